The lowest BCUT2D eigenvalue weighted by Gasteiger charge is -2.13. The molecule has 114 valence electrons. The number of furan rings is 1. The van der Waals surface area contributed by atoms with Gasteiger partial charge in [0.1, 0.15) is 5.69 Å². The van der Waals surface area contributed by atoms with Gasteiger partial charge in [-0.1, -0.05) is 11.6 Å². The van der Waals surface area contributed by atoms with E-state index < -0.39 is 17.6 Å². The predicted octanol–water partition coefficient (Wildman–Crippen LogP) is 4.69. The summed E-state index contributed by atoms with van der Waals surface area (Å²) in [6.07, 6.45) is -3.19. The fourth-order valence-electron chi connectivity index (χ4n) is 2.02. The molecule has 22 heavy (non-hydrogen) atoms. The summed E-state index contributed by atoms with van der Waals surface area (Å²) in [5, 5.41) is 2.15. The van der Waals surface area contributed by atoms with Crippen molar-refractivity contribution in [2.75, 3.05) is 5.32 Å². The molecule has 2 heterocycles. The van der Waals surface area contributed by atoms with Gasteiger partial charge in [0, 0.05) is 17.2 Å². The number of rotatable bonds is 2. The summed E-state index contributed by atoms with van der Waals surface area (Å²) >= 11 is 5.58. The van der Waals surface area contributed by atoms with Crippen molar-refractivity contribution in [3.63, 3.8) is 0 Å². The molecule has 0 aliphatic rings. The fraction of sp³-hybridized carbons (Fsp3) is 0.0714. The summed E-state index contributed by atoms with van der Waals surface area (Å²) in [7, 11) is 0. The Labute approximate surface area is 126 Å². The van der Waals surface area contributed by atoms with Crippen molar-refractivity contribution in [2.24, 2.45) is 0 Å². The van der Waals surface area contributed by atoms with Crippen LogP contribution in [0.5, 0.6) is 0 Å². The Bertz CT molecular complexity index is 823. The summed E-state index contributed by atoms with van der Waals surface area (Å²) in [5.74, 6) is -0.709. The van der Waals surface area contributed by atoms with Gasteiger partial charge in [-0.2, -0.15) is 13.2 Å². The first kappa shape index (κ1) is 14.5. The number of amides is 1. The molecule has 2 aromatic heterocycles. The van der Waals surface area contributed by atoms with Gasteiger partial charge in [-0.15, -0.1) is 0 Å². The minimum atomic E-state index is -4.63. The molecular formula is C14H8ClF3N2O2. The van der Waals surface area contributed by atoms with Crippen LogP contribution < -0.4 is 5.32 Å². The van der Waals surface area contributed by atoms with E-state index in [1.165, 1.54) is 18.4 Å². The molecule has 0 radical (unpaired) electrons. The maximum atomic E-state index is 13.0. The van der Waals surface area contributed by atoms with E-state index in [9.17, 15) is 18.0 Å². The Kier molecular flexibility index (Phi) is 3.37. The smallest absolute Gasteiger partial charge is 0.418 e. The number of hydrogen-bond donors (Lipinski definition) is 2. The van der Waals surface area contributed by atoms with E-state index in [1.807, 2.05) is 0 Å². The molecule has 3 aromatic rings. The van der Waals surface area contributed by atoms with E-state index in [0.29, 0.717) is 11.1 Å². The molecule has 4 nitrogen and oxygen atoms in total. The third-order valence-electron chi connectivity index (χ3n) is 3.02. The number of H-pyrrole nitrogens is 1. The Hall–Kier alpha value is -2.41. The maximum Gasteiger partial charge on any atom is 0.418 e. The van der Waals surface area contributed by atoms with Crippen LogP contribution in [0.2, 0.25) is 5.02 Å². The van der Waals surface area contributed by atoms with Crippen molar-refractivity contribution in [2.45, 2.75) is 6.18 Å². The van der Waals surface area contributed by atoms with Gasteiger partial charge in [0.15, 0.2) is 5.58 Å². The molecular weight excluding hydrogens is 321 g/mol. The molecule has 0 atom stereocenters. The van der Waals surface area contributed by atoms with Gasteiger partial charge in [0.25, 0.3) is 5.91 Å². The molecule has 1 aromatic carbocycles. The minimum absolute atomic E-state index is 0.0669. The standard InChI is InChI=1S/C14H8ClF3N2O2/c15-7-1-2-9(8(5-7)14(16,17)18)20-13(21)11-6-12-10(19-11)3-4-22-12/h1-6,19H,(H,20,21). The molecule has 0 aliphatic carbocycles. The van der Waals surface area contributed by atoms with Gasteiger partial charge in [-0.3, -0.25) is 4.79 Å². The number of alkyl halides is 3. The molecule has 0 bridgehead atoms. The molecule has 2 N–H and O–H groups in total. The van der Waals surface area contributed by atoms with Crippen LogP contribution in [0.4, 0.5) is 18.9 Å². The Morgan fingerprint density at radius 2 is 2.00 bits per heavy atom. The second-order valence-corrected chi connectivity index (χ2v) is 4.96. The lowest BCUT2D eigenvalue weighted by atomic mass is 10.1. The van der Waals surface area contributed by atoms with Crippen molar-refractivity contribution in [1.82, 2.24) is 4.98 Å². The van der Waals surface area contributed by atoms with Crippen LogP contribution in [-0.2, 0) is 6.18 Å². The highest BCUT2D eigenvalue weighted by molar-refractivity contribution is 6.30. The van der Waals surface area contributed by atoms with Crippen molar-refractivity contribution >= 4 is 34.3 Å². The highest BCUT2D eigenvalue weighted by Gasteiger charge is 2.34. The maximum absolute atomic E-state index is 13.0. The van der Waals surface area contributed by atoms with Crippen molar-refractivity contribution < 1.29 is 22.4 Å². The second kappa shape index (κ2) is 5.10. The number of aromatic amines is 1. The number of carbonyl (C=O) groups excluding carboxylic acids is 1. The van der Waals surface area contributed by atoms with E-state index >= 15 is 0 Å². The first-order valence-electron chi connectivity index (χ1n) is 6.09. The zero-order valence-corrected chi connectivity index (χ0v) is 11.5. The van der Waals surface area contributed by atoms with Crippen LogP contribution in [0.1, 0.15) is 16.1 Å². The number of anilines is 1. The number of halogens is 4. The van der Waals surface area contributed by atoms with Gasteiger partial charge in [0.2, 0.25) is 0 Å². The molecule has 3 rings (SSSR count). The summed E-state index contributed by atoms with van der Waals surface area (Å²) in [4.78, 5) is 14.8. The van der Waals surface area contributed by atoms with Crippen molar-refractivity contribution in [3.8, 4) is 0 Å². The first-order chi connectivity index (χ1) is 10.3. The number of aromatic nitrogens is 1. The first-order valence-corrected chi connectivity index (χ1v) is 6.47. The van der Waals surface area contributed by atoms with Gasteiger partial charge in [-0.25, -0.2) is 0 Å². The second-order valence-electron chi connectivity index (χ2n) is 4.52. The zero-order chi connectivity index (χ0) is 15.9. The quantitative estimate of drug-likeness (QED) is 0.717. The number of fused-ring (bicyclic) bond motifs is 1. The summed E-state index contributed by atoms with van der Waals surface area (Å²) in [5.41, 5.74) is -0.260. The van der Waals surface area contributed by atoms with Crippen LogP contribution in [0, 0.1) is 0 Å². The largest absolute Gasteiger partial charge is 0.463 e. The third kappa shape index (κ3) is 2.67. The van der Waals surface area contributed by atoms with Gasteiger partial charge in [0.05, 0.1) is 23.0 Å². The summed E-state index contributed by atoms with van der Waals surface area (Å²) in [6, 6.07) is 6.16. The highest BCUT2D eigenvalue weighted by atomic mass is 35.5. The van der Waals surface area contributed by atoms with Gasteiger partial charge < -0.3 is 14.7 Å². The number of benzene rings is 1. The lowest BCUT2D eigenvalue weighted by molar-refractivity contribution is -0.136. The Morgan fingerprint density at radius 3 is 2.68 bits per heavy atom. The zero-order valence-electron chi connectivity index (χ0n) is 10.8. The number of carbonyl (C=O) groups is 1. The Balaban J connectivity index is 1.92. The van der Waals surface area contributed by atoms with Crippen LogP contribution in [0.25, 0.3) is 11.1 Å². The van der Waals surface area contributed by atoms with E-state index in [2.05, 4.69) is 10.3 Å². The minimum Gasteiger partial charge on any atom is -0.463 e. The average Bonchev–Trinajstić information content (AvgIpc) is 3.00. The number of nitrogens with one attached hydrogen (secondary N) is 2. The molecule has 0 aliphatic heterocycles. The molecule has 8 heteroatoms. The van der Waals surface area contributed by atoms with Gasteiger partial charge in [-0.05, 0) is 18.2 Å². The molecule has 0 unspecified atom stereocenters. The van der Waals surface area contributed by atoms with Crippen LogP contribution in [0.15, 0.2) is 41.0 Å². The van der Waals surface area contributed by atoms with Crippen LogP contribution in [0.3, 0.4) is 0 Å². The molecule has 0 fully saturated rings. The molecule has 0 saturated carbocycles. The lowest BCUT2D eigenvalue weighted by Crippen LogP contribution is -2.17. The van der Waals surface area contributed by atoms with Crippen LogP contribution in [-0.4, -0.2) is 10.9 Å². The van der Waals surface area contributed by atoms with E-state index in [0.717, 1.165) is 12.1 Å². The summed E-state index contributed by atoms with van der Waals surface area (Å²) in [6.45, 7) is 0. The number of hydrogen-bond acceptors (Lipinski definition) is 2. The SMILES string of the molecule is O=C(Nc1ccc(Cl)cc1C(F)(F)F)c1cc2occc2[nH]1. The Morgan fingerprint density at radius 1 is 1.23 bits per heavy atom. The third-order valence-corrected chi connectivity index (χ3v) is 3.25. The van der Waals surface area contributed by atoms with Crippen LogP contribution >= 0.6 is 11.6 Å². The predicted molar refractivity (Wildman–Crippen MR) is 75.0 cm³/mol. The van der Waals surface area contributed by atoms with E-state index in [1.54, 1.807) is 6.07 Å². The van der Waals surface area contributed by atoms with Gasteiger partial charge >= 0.3 is 6.18 Å². The molecule has 0 spiro atoms. The molecule has 0 saturated heterocycles. The normalized spacial score (nSPS) is 11.8. The van der Waals surface area contributed by atoms with Crippen molar-refractivity contribution in [3.05, 3.63) is 52.9 Å². The average molecular weight is 329 g/mol. The van der Waals surface area contributed by atoms with E-state index in [4.69, 9.17) is 16.0 Å². The topological polar surface area (TPSA) is 58.0 Å². The highest BCUT2D eigenvalue weighted by Crippen LogP contribution is 2.36. The summed E-state index contributed by atoms with van der Waals surface area (Å²) < 4.78 is 44.0. The monoisotopic (exact) mass is 328 g/mol. The van der Waals surface area contributed by atoms with E-state index in [-0.39, 0.29) is 16.4 Å². The van der Waals surface area contributed by atoms with Crippen molar-refractivity contribution in [1.29, 1.82) is 0 Å². The fourth-order valence-corrected chi connectivity index (χ4v) is 2.19. The molecule has 1 amide bonds.